The Morgan fingerprint density at radius 1 is 1.56 bits per heavy atom. The number of nitrogens with two attached hydrogens (primary N) is 1. The second-order valence-electron chi connectivity index (χ2n) is 3.64. The van der Waals surface area contributed by atoms with Crippen molar-refractivity contribution < 1.29 is 8.42 Å². The molecule has 1 rings (SSSR count). The van der Waals surface area contributed by atoms with Crippen molar-refractivity contribution in [1.82, 2.24) is 10.3 Å². The summed E-state index contributed by atoms with van der Waals surface area (Å²) in [5, 5.41) is 8.81. The molecule has 92 valence electrons. The number of hydrogen-bond acceptors (Lipinski definition) is 5. The molecule has 0 amide bonds. The van der Waals surface area contributed by atoms with Gasteiger partial charge < -0.3 is 5.32 Å². The molecular weight excluding hydrogens is 246 g/mol. The van der Waals surface area contributed by atoms with Gasteiger partial charge in [-0.15, -0.1) is 11.3 Å². The van der Waals surface area contributed by atoms with Gasteiger partial charge in [0.2, 0.25) is 10.0 Å². The van der Waals surface area contributed by atoms with Crippen LogP contribution in [-0.2, 0) is 15.8 Å². The number of nitrogens with one attached hydrogen (secondary N) is 1. The second kappa shape index (κ2) is 5.22. The summed E-state index contributed by atoms with van der Waals surface area (Å²) in [5.74, 6) is -0.183. The minimum absolute atomic E-state index is 0.183. The van der Waals surface area contributed by atoms with Gasteiger partial charge in [-0.1, -0.05) is 6.92 Å². The van der Waals surface area contributed by atoms with Gasteiger partial charge in [-0.3, -0.25) is 0 Å². The molecule has 16 heavy (non-hydrogen) atoms. The van der Waals surface area contributed by atoms with E-state index in [0.717, 1.165) is 17.1 Å². The zero-order valence-corrected chi connectivity index (χ0v) is 11.3. The fourth-order valence-corrected chi connectivity index (χ4v) is 3.53. The quantitative estimate of drug-likeness (QED) is 0.827. The van der Waals surface area contributed by atoms with E-state index in [9.17, 15) is 8.42 Å². The number of thiazole rings is 1. The standard InChI is InChI=1S/C9H17N3O2S2/c1-4-11-6(2)9-7(3)12-8(15-9)5-16(10,13)14/h6,11H,4-5H2,1-3H3,(H2,10,13,14). The minimum Gasteiger partial charge on any atom is -0.310 e. The lowest BCUT2D eigenvalue weighted by Gasteiger charge is -2.09. The van der Waals surface area contributed by atoms with Gasteiger partial charge in [-0.25, -0.2) is 18.5 Å². The fraction of sp³-hybridized carbons (Fsp3) is 0.667. The Morgan fingerprint density at radius 3 is 2.69 bits per heavy atom. The molecule has 0 aliphatic carbocycles. The van der Waals surface area contributed by atoms with Crippen LogP contribution in [0.4, 0.5) is 0 Å². The van der Waals surface area contributed by atoms with E-state index in [1.165, 1.54) is 11.3 Å². The molecule has 1 aromatic heterocycles. The number of hydrogen-bond donors (Lipinski definition) is 2. The van der Waals surface area contributed by atoms with Crippen LogP contribution in [0.1, 0.15) is 35.5 Å². The lowest BCUT2D eigenvalue weighted by Crippen LogP contribution is -2.17. The highest BCUT2D eigenvalue weighted by Crippen LogP contribution is 2.25. The van der Waals surface area contributed by atoms with Crippen molar-refractivity contribution in [3.8, 4) is 0 Å². The highest BCUT2D eigenvalue weighted by Gasteiger charge is 2.16. The van der Waals surface area contributed by atoms with Crippen molar-refractivity contribution >= 4 is 21.4 Å². The summed E-state index contributed by atoms with van der Waals surface area (Å²) in [6.07, 6.45) is 0. The summed E-state index contributed by atoms with van der Waals surface area (Å²) in [7, 11) is -3.49. The van der Waals surface area contributed by atoms with Crippen LogP contribution in [0.25, 0.3) is 0 Å². The summed E-state index contributed by atoms with van der Waals surface area (Å²) in [5.41, 5.74) is 0.872. The van der Waals surface area contributed by atoms with E-state index in [4.69, 9.17) is 5.14 Å². The molecule has 1 unspecified atom stereocenters. The molecule has 1 aromatic rings. The predicted molar refractivity (Wildman–Crippen MR) is 65.8 cm³/mol. The van der Waals surface area contributed by atoms with Gasteiger partial charge in [0.25, 0.3) is 0 Å². The number of nitrogens with zero attached hydrogens (tertiary/aromatic N) is 1. The molecule has 1 heterocycles. The van der Waals surface area contributed by atoms with Crippen molar-refractivity contribution in [2.45, 2.75) is 32.6 Å². The van der Waals surface area contributed by atoms with Crippen molar-refractivity contribution in [3.63, 3.8) is 0 Å². The molecule has 0 saturated heterocycles. The van der Waals surface area contributed by atoms with Gasteiger partial charge in [0.15, 0.2) is 0 Å². The number of rotatable bonds is 5. The fourth-order valence-electron chi connectivity index (χ4n) is 1.50. The topological polar surface area (TPSA) is 85.1 Å². The van der Waals surface area contributed by atoms with Crippen molar-refractivity contribution in [1.29, 1.82) is 0 Å². The normalized spacial score (nSPS) is 14.0. The summed E-state index contributed by atoms with van der Waals surface area (Å²) < 4.78 is 21.9. The first-order chi connectivity index (χ1) is 7.33. The highest BCUT2D eigenvalue weighted by molar-refractivity contribution is 7.88. The molecule has 5 nitrogen and oxygen atoms in total. The van der Waals surface area contributed by atoms with Crippen molar-refractivity contribution in [3.05, 3.63) is 15.6 Å². The minimum atomic E-state index is -3.49. The molecule has 0 saturated carbocycles. The first kappa shape index (κ1) is 13.6. The van der Waals surface area contributed by atoms with Gasteiger partial charge in [0, 0.05) is 10.9 Å². The third-order valence-corrected chi connectivity index (χ3v) is 4.30. The molecule has 0 spiro atoms. The molecule has 7 heteroatoms. The Morgan fingerprint density at radius 2 is 2.19 bits per heavy atom. The van der Waals surface area contributed by atoms with Crippen LogP contribution in [0.15, 0.2) is 0 Å². The molecule has 0 radical (unpaired) electrons. The Balaban J connectivity index is 2.89. The Labute approximate surface area is 100 Å². The third kappa shape index (κ3) is 3.82. The summed E-state index contributed by atoms with van der Waals surface area (Å²) in [6, 6.07) is 0.191. The average Bonchev–Trinajstić information content (AvgIpc) is 2.44. The maximum absolute atomic E-state index is 10.9. The smallest absolute Gasteiger partial charge is 0.215 e. The molecule has 0 aliphatic rings. The van der Waals surface area contributed by atoms with Crippen LogP contribution < -0.4 is 10.5 Å². The number of aromatic nitrogens is 1. The largest absolute Gasteiger partial charge is 0.310 e. The first-order valence-electron chi connectivity index (χ1n) is 5.03. The Kier molecular flexibility index (Phi) is 4.43. The van der Waals surface area contributed by atoms with Crippen LogP contribution in [-0.4, -0.2) is 19.9 Å². The van der Waals surface area contributed by atoms with Crippen molar-refractivity contribution in [2.75, 3.05) is 6.54 Å². The lowest BCUT2D eigenvalue weighted by atomic mass is 10.2. The van der Waals surface area contributed by atoms with E-state index in [2.05, 4.69) is 10.3 Å². The van der Waals surface area contributed by atoms with Crippen LogP contribution in [0.2, 0.25) is 0 Å². The molecule has 0 fully saturated rings. The van der Waals surface area contributed by atoms with Crippen LogP contribution in [0.3, 0.4) is 0 Å². The maximum Gasteiger partial charge on any atom is 0.215 e. The summed E-state index contributed by atoms with van der Waals surface area (Å²) >= 11 is 1.40. The Bertz CT molecular complexity index is 453. The number of primary sulfonamides is 1. The Hall–Kier alpha value is -0.500. The SMILES string of the molecule is CCNC(C)c1sc(CS(N)(=O)=O)nc1C. The summed E-state index contributed by atoms with van der Waals surface area (Å²) in [6.45, 7) is 6.80. The van der Waals surface area contributed by atoms with Gasteiger partial charge in [-0.05, 0) is 20.4 Å². The zero-order chi connectivity index (χ0) is 12.3. The molecule has 3 N–H and O–H groups in total. The number of sulfonamides is 1. The van der Waals surface area contributed by atoms with Crippen molar-refractivity contribution in [2.24, 2.45) is 5.14 Å². The third-order valence-electron chi connectivity index (χ3n) is 2.11. The van der Waals surface area contributed by atoms with Gasteiger partial charge in [0.05, 0.1) is 5.69 Å². The second-order valence-corrected chi connectivity index (χ2v) is 6.37. The van der Waals surface area contributed by atoms with E-state index in [-0.39, 0.29) is 11.8 Å². The monoisotopic (exact) mass is 263 g/mol. The van der Waals surface area contributed by atoms with E-state index < -0.39 is 10.0 Å². The van der Waals surface area contributed by atoms with E-state index >= 15 is 0 Å². The molecule has 0 aliphatic heterocycles. The van der Waals surface area contributed by atoms with Crippen LogP contribution in [0.5, 0.6) is 0 Å². The zero-order valence-electron chi connectivity index (χ0n) is 9.65. The van der Waals surface area contributed by atoms with E-state index in [1.807, 2.05) is 20.8 Å². The van der Waals surface area contributed by atoms with E-state index in [0.29, 0.717) is 5.01 Å². The van der Waals surface area contributed by atoms with Gasteiger partial charge >= 0.3 is 0 Å². The maximum atomic E-state index is 10.9. The summed E-state index contributed by atoms with van der Waals surface area (Å²) in [4.78, 5) is 5.29. The molecule has 0 bridgehead atoms. The average molecular weight is 263 g/mol. The lowest BCUT2D eigenvalue weighted by molar-refractivity contribution is 0.597. The number of aryl methyl sites for hydroxylation is 1. The van der Waals surface area contributed by atoms with Gasteiger partial charge in [-0.2, -0.15) is 0 Å². The molecular formula is C9H17N3O2S2. The highest BCUT2D eigenvalue weighted by atomic mass is 32.2. The molecule has 0 aromatic carbocycles. The van der Waals surface area contributed by atoms with Gasteiger partial charge in [0.1, 0.15) is 10.8 Å². The van der Waals surface area contributed by atoms with Crippen LogP contribution in [0, 0.1) is 6.92 Å². The first-order valence-corrected chi connectivity index (χ1v) is 7.56. The molecule has 1 atom stereocenters. The predicted octanol–water partition coefficient (Wildman–Crippen LogP) is 0.911. The van der Waals surface area contributed by atoms with E-state index in [1.54, 1.807) is 0 Å². The van der Waals surface area contributed by atoms with Crippen LogP contribution >= 0.6 is 11.3 Å².